The number of para-hydroxylation sites is 1. The lowest BCUT2D eigenvalue weighted by Gasteiger charge is -2.47. The quantitative estimate of drug-likeness (QED) is 0.460. The average molecular weight is 423 g/mol. The normalized spacial score (nSPS) is 17.0. The van der Waals surface area contributed by atoms with Crippen LogP contribution >= 0.6 is 0 Å². The first-order valence-corrected chi connectivity index (χ1v) is 10.6. The number of carbonyl (C=O) groups is 3. The Balaban J connectivity index is 1.72. The molecule has 3 amide bonds. The molecule has 0 saturated carbocycles. The van der Waals surface area contributed by atoms with Gasteiger partial charge in [-0.15, -0.1) is 0 Å². The van der Waals surface area contributed by atoms with E-state index in [-0.39, 0.29) is 24.9 Å². The van der Waals surface area contributed by atoms with Gasteiger partial charge in [-0.1, -0.05) is 48.5 Å². The van der Waals surface area contributed by atoms with Crippen molar-refractivity contribution in [2.75, 3.05) is 31.6 Å². The number of nitrogens with zero attached hydrogens (tertiary/aromatic N) is 4. The Kier molecular flexibility index (Phi) is 7.78. The SMILES string of the molecule is CC(=O)N(CCCCc1ccccc1)CC1N(c2ccccc2)C(=O)CN(C)N1C=O. The molecule has 3 rings (SSSR count). The zero-order chi connectivity index (χ0) is 22.2. The van der Waals surface area contributed by atoms with E-state index < -0.39 is 6.17 Å². The maximum absolute atomic E-state index is 12.9. The highest BCUT2D eigenvalue weighted by Crippen LogP contribution is 2.24. The molecule has 0 N–H and O–H groups in total. The molecular weight excluding hydrogens is 392 g/mol. The molecule has 0 bridgehead atoms. The van der Waals surface area contributed by atoms with Gasteiger partial charge in [0.15, 0.2) is 0 Å². The largest absolute Gasteiger partial charge is 0.339 e. The molecule has 31 heavy (non-hydrogen) atoms. The van der Waals surface area contributed by atoms with Crippen molar-refractivity contribution in [3.05, 3.63) is 66.2 Å². The van der Waals surface area contributed by atoms with Crippen molar-refractivity contribution in [3.63, 3.8) is 0 Å². The van der Waals surface area contributed by atoms with E-state index in [0.29, 0.717) is 12.2 Å². The number of hydrogen-bond acceptors (Lipinski definition) is 4. The van der Waals surface area contributed by atoms with E-state index in [4.69, 9.17) is 0 Å². The molecule has 0 radical (unpaired) electrons. The Morgan fingerprint density at radius 3 is 2.32 bits per heavy atom. The molecule has 2 aromatic rings. The molecule has 1 unspecified atom stereocenters. The van der Waals surface area contributed by atoms with Crippen LogP contribution in [0.2, 0.25) is 0 Å². The smallest absolute Gasteiger partial charge is 0.244 e. The number of aryl methyl sites for hydroxylation is 1. The lowest BCUT2D eigenvalue weighted by Crippen LogP contribution is -2.67. The van der Waals surface area contributed by atoms with E-state index in [1.54, 1.807) is 21.9 Å². The minimum Gasteiger partial charge on any atom is -0.339 e. The van der Waals surface area contributed by atoms with Gasteiger partial charge in [0, 0.05) is 26.2 Å². The first-order valence-electron chi connectivity index (χ1n) is 10.6. The van der Waals surface area contributed by atoms with Crippen LogP contribution in [0, 0.1) is 0 Å². The molecule has 1 heterocycles. The summed E-state index contributed by atoms with van der Waals surface area (Å²) in [5.74, 6) is -0.177. The molecule has 1 aliphatic heterocycles. The minimum absolute atomic E-state index is 0.0701. The van der Waals surface area contributed by atoms with Crippen molar-refractivity contribution in [3.8, 4) is 0 Å². The second kappa shape index (κ2) is 10.7. The van der Waals surface area contributed by atoms with Crippen LogP contribution in [0.1, 0.15) is 25.3 Å². The fourth-order valence-electron chi connectivity index (χ4n) is 3.94. The first-order chi connectivity index (χ1) is 15.0. The standard InChI is InChI=1S/C24H30N4O3/c1-20(30)26(16-10-9-13-21-11-5-3-6-12-21)17-23-27(19-29)25(2)18-24(31)28(23)22-14-7-4-8-15-22/h3-8,11-12,14-15,19,23H,9-10,13,16-18H2,1-2H3. The summed E-state index contributed by atoms with van der Waals surface area (Å²) in [4.78, 5) is 40.5. The van der Waals surface area contributed by atoms with Gasteiger partial charge >= 0.3 is 0 Å². The van der Waals surface area contributed by atoms with Crippen LogP contribution < -0.4 is 4.90 Å². The Hall–Kier alpha value is -3.19. The first kappa shape index (κ1) is 22.5. The second-order valence-corrected chi connectivity index (χ2v) is 7.79. The summed E-state index contributed by atoms with van der Waals surface area (Å²) in [6.45, 7) is 2.46. The number of benzene rings is 2. The highest BCUT2D eigenvalue weighted by molar-refractivity contribution is 5.96. The molecule has 0 aliphatic carbocycles. The van der Waals surface area contributed by atoms with Crippen LogP contribution in [0.25, 0.3) is 0 Å². The van der Waals surface area contributed by atoms with E-state index in [0.717, 1.165) is 25.7 Å². The summed E-state index contributed by atoms with van der Waals surface area (Å²) in [5, 5.41) is 3.10. The predicted octanol–water partition coefficient (Wildman–Crippen LogP) is 2.54. The molecule has 2 aromatic carbocycles. The van der Waals surface area contributed by atoms with Gasteiger partial charge in [-0.2, -0.15) is 0 Å². The van der Waals surface area contributed by atoms with E-state index in [2.05, 4.69) is 12.1 Å². The van der Waals surface area contributed by atoms with Gasteiger partial charge in [0.1, 0.15) is 6.17 Å². The topological polar surface area (TPSA) is 64.2 Å². The van der Waals surface area contributed by atoms with Gasteiger partial charge in [0.25, 0.3) is 0 Å². The highest BCUT2D eigenvalue weighted by atomic mass is 16.2. The second-order valence-electron chi connectivity index (χ2n) is 7.79. The number of rotatable bonds is 9. The summed E-state index contributed by atoms with van der Waals surface area (Å²) >= 11 is 0. The summed E-state index contributed by atoms with van der Waals surface area (Å²) in [6.07, 6.45) is 2.88. The number of carbonyl (C=O) groups excluding carboxylic acids is 3. The number of hydrazine groups is 1. The van der Waals surface area contributed by atoms with Crippen molar-refractivity contribution in [1.82, 2.24) is 14.9 Å². The van der Waals surface area contributed by atoms with Gasteiger partial charge in [-0.05, 0) is 37.0 Å². The van der Waals surface area contributed by atoms with Crippen LogP contribution in [0.4, 0.5) is 5.69 Å². The van der Waals surface area contributed by atoms with Gasteiger partial charge < -0.3 is 4.90 Å². The van der Waals surface area contributed by atoms with Crippen molar-refractivity contribution < 1.29 is 14.4 Å². The molecule has 7 nitrogen and oxygen atoms in total. The number of likely N-dealkylation sites (N-methyl/N-ethyl adjacent to an activating group) is 1. The lowest BCUT2D eigenvalue weighted by molar-refractivity contribution is -0.153. The molecule has 1 atom stereocenters. The molecule has 164 valence electrons. The third kappa shape index (κ3) is 5.70. The van der Waals surface area contributed by atoms with Crippen LogP contribution in [0.15, 0.2) is 60.7 Å². The van der Waals surface area contributed by atoms with Crippen LogP contribution in [0.3, 0.4) is 0 Å². The average Bonchev–Trinajstić information content (AvgIpc) is 2.77. The molecular formula is C24H30N4O3. The van der Waals surface area contributed by atoms with Crippen LogP contribution in [0.5, 0.6) is 0 Å². The van der Waals surface area contributed by atoms with Gasteiger partial charge in [-0.25, -0.2) is 5.01 Å². The van der Waals surface area contributed by atoms with E-state index in [9.17, 15) is 14.4 Å². The van der Waals surface area contributed by atoms with Gasteiger partial charge in [-0.3, -0.25) is 24.3 Å². The number of hydrogen-bond donors (Lipinski definition) is 0. The third-order valence-corrected chi connectivity index (χ3v) is 5.59. The fraction of sp³-hybridized carbons (Fsp3) is 0.375. The number of amides is 3. The predicted molar refractivity (Wildman–Crippen MR) is 120 cm³/mol. The minimum atomic E-state index is -0.593. The monoisotopic (exact) mass is 422 g/mol. The molecule has 7 heteroatoms. The summed E-state index contributed by atoms with van der Waals surface area (Å²) in [6, 6.07) is 19.5. The van der Waals surface area contributed by atoms with Crippen molar-refractivity contribution in [2.45, 2.75) is 32.4 Å². The van der Waals surface area contributed by atoms with E-state index in [1.165, 1.54) is 17.5 Å². The zero-order valence-corrected chi connectivity index (χ0v) is 18.2. The third-order valence-electron chi connectivity index (χ3n) is 5.59. The van der Waals surface area contributed by atoms with Crippen molar-refractivity contribution in [1.29, 1.82) is 0 Å². The summed E-state index contributed by atoms with van der Waals surface area (Å²) < 4.78 is 0. The van der Waals surface area contributed by atoms with E-state index >= 15 is 0 Å². The summed E-state index contributed by atoms with van der Waals surface area (Å²) in [5.41, 5.74) is 1.99. The molecule has 0 spiro atoms. The lowest BCUT2D eigenvalue weighted by atomic mass is 10.1. The zero-order valence-electron chi connectivity index (χ0n) is 18.2. The maximum atomic E-state index is 12.9. The molecule has 1 fully saturated rings. The maximum Gasteiger partial charge on any atom is 0.244 e. The van der Waals surface area contributed by atoms with Gasteiger partial charge in [0.2, 0.25) is 18.2 Å². The number of anilines is 1. The Morgan fingerprint density at radius 2 is 1.71 bits per heavy atom. The highest BCUT2D eigenvalue weighted by Gasteiger charge is 2.39. The van der Waals surface area contributed by atoms with Crippen LogP contribution in [-0.2, 0) is 20.8 Å². The van der Waals surface area contributed by atoms with Gasteiger partial charge in [0.05, 0.1) is 13.1 Å². The fourth-order valence-corrected chi connectivity index (χ4v) is 3.94. The molecule has 1 saturated heterocycles. The number of unbranched alkanes of at least 4 members (excludes halogenated alkanes) is 1. The molecule has 1 aliphatic rings. The Morgan fingerprint density at radius 1 is 1.06 bits per heavy atom. The van der Waals surface area contributed by atoms with E-state index in [1.807, 2.05) is 48.5 Å². The molecule has 0 aromatic heterocycles. The van der Waals surface area contributed by atoms with Crippen molar-refractivity contribution >= 4 is 23.9 Å². The van der Waals surface area contributed by atoms with Crippen LogP contribution in [-0.4, -0.2) is 66.0 Å². The Bertz CT molecular complexity index is 875. The Labute approximate surface area is 183 Å². The van der Waals surface area contributed by atoms with Crippen molar-refractivity contribution in [2.24, 2.45) is 0 Å². The summed E-state index contributed by atoms with van der Waals surface area (Å²) in [7, 11) is 1.71.